The maximum atomic E-state index is 15.6. The van der Waals surface area contributed by atoms with Gasteiger partial charge in [0.05, 0.1) is 11.5 Å². The summed E-state index contributed by atoms with van der Waals surface area (Å²) in [5, 5.41) is 22.1. The molecule has 0 aromatic heterocycles. The highest BCUT2D eigenvalue weighted by molar-refractivity contribution is 6.21. The quantitative estimate of drug-likeness (QED) is 0.487. The summed E-state index contributed by atoms with van der Waals surface area (Å²) in [6.45, 7) is 5.94. The number of hydrogen-bond donors (Lipinski definition) is 2. The van der Waals surface area contributed by atoms with Gasteiger partial charge in [-0.1, -0.05) is 26.8 Å². The maximum absolute atomic E-state index is 15.6. The zero-order valence-corrected chi connectivity index (χ0v) is 19.4. The van der Waals surface area contributed by atoms with Crippen LogP contribution in [0.4, 0.5) is 4.39 Å². The smallest absolute Gasteiger partial charge is 0.303 e. The summed E-state index contributed by atoms with van der Waals surface area (Å²) < 4.78 is 20.5. The number of Topliss-reactive ketones (excluding diaryl/α,β-unsaturated/α-hetero) is 1. The van der Waals surface area contributed by atoms with Crippen molar-refractivity contribution in [2.75, 3.05) is 6.61 Å². The molecule has 32 heavy (non-hydrogen) atoms. The van der Waals surface area contributed by atoms with Crippen LogP contribution in [0.3, 0.4) is 0 Å². The molecule has 0 bridgehead atoms. The average molecular weight is 469 g/mol. The Labute approximate surface area is 191 Å². The van der Waals surface area contributed by atoms with Crippen molar-refractivity contribution in [3.8, 4) is 0 Å². The standard InChI is InChI=1S/C24H30ClFO6/c1-11-7-14-18-19(22(3)6-5-13(28)8-15(22)21(26)20(18)25)16(29)9-23(14,4)24(11,31)17(30)10-32-12(2)27/h5-6,8,11,14,16,18-21,29,31H,7,9-10H2,1-4H3/t11?,14-,16?,18-,19-,20?,21?,22-,23-,24-/m0/s1. The Balaban J connectivity index is 1.78. The van der Waals surface area contributed by atoms with Crippen LogP contribution < -0.4 is 0 Å². The van der Waals surface area contributed by atoms with Crippen molar-refractivity contribution < 1.29 is 33.7 Å². The number of carbonyl (C=O) groups excluding carboxylic acids is 3. The van der Waals surface area contributed by atoms with E-state index in [9.17, 15) is 24.6 Å². The minimum absolute atomic E-state index is 0.108. The van der Waals surface area contributed by atoms with Gasteiger partial charge in [-0.3, -0.25) is 14.4 Å². The molecule has 3 saturated carbocycles. The highest BCUT2D eigenvalue weighted by Gasteiger charge is 2.72. The van der Waals surface area contributed by atoms with Crippen molar-refractivity contribution in [2.45, 2.75) is 63.8 Å². The molecule has 6 nitrogen and oxygen atoms in total. The van der Waals surface area contributed by atoms with E-state index in [4.69, 9.17) is 16.3 Å². The van der Waals surface area contributed by atoms with Gasteiger partial charge in [0.15, 0.2) is 12.4 Å². The molecule has 0 spiro atoms. The summed E-state index contributed by atoms with van der Waals surface area (Å²) in [6, 6.07) is 0. The normalized spacial score (nSPS) is 49.6. The highest BCUT2D eigenvalue weighted by Crippen LogP contribution is 2.69. The van der Waals surface area contributed by atoms with Crippen molar-refractivity contribution in [1.82, 2.24) is 0 Å². The van der Waals surface area contributed by atoms with Crippen LogP contribution in [-0.4, -0.2) is 57.6 Å². The third-order valence-corrected chi connectivity index (χ3v) is 9.43. The first-order chi connectivity index (χ1) is 14.8. The summed E-state index contributed by atoms with van der Waals surface area (Å²) >= 11 is 6.69. The second kappa shape index (κ2) is 7.47. The molecule has 0 aliphatic heterocycles. The summed E-state index contributed by atoms with van der Waals surface area (Å²) in [4.78, 5) is 36.3. The molecule has 4 rings (SSSR count). The summed E-state index contributed by atoms with van der Waals surface area (Å²) in [5.41, 5.74) is -3.55. The van der Waals surface area contributed by atoms with Crippen LogP contribution in [-0.2, 0) is 19.1 Å². The van der Waals surface area contributed by atoms with Gasteiger partial charge >= 0.3 is 5.97 Å². The Kier molecular flexibility index (Phi) is 5.51. The second-order valence-corrected chi connectivity index (χ2v) is 11.0. The third-order valence-electron chi connectivity index (χ3n) is 8.92. The number of hydrogen-bond acceptors (Lipinski definition) is 6. The Morgan fingerprint density at radius 1 is 1.34 bits per heavy atom. The van der Waals surface area contributed by atoms with Gasteiger partial charge in [-0.05, 0) is 48.3 Å². The monoisotopic (exact) mass is 468 g/mol. The first kappa shape index (κ1) is 23.6. The van der Waals surface area contributed by atoms with Crippen molar-refractivity contribution in [3.05, 3.63) is 23.8 Å². The fourth-order valence-electron chi connectivity index (χ4n) is 7.46. The van der Waals surface area contributed by atoms with E-state index in [0.29, 0.717) is 6.42 Å². The predicted molar refractivity (Wildman–Crippen MR) is 114 cm³/mol. The first-order valence-electron chi connectivity index (χ1n) is 11.1. The number of carbonyl (C=O) groups is 3. The number of ether oxygens (including phenoxy) is 1. The molecular formula is C24H30ClFO6. The Bertz CT molecular complexity index is 931. The number of alkyl halides is 2. The summed E-state index contributed by atoms with van der Waals surface area (Å²) in [7, 11) is 0. The lowest BCUT2D eigenvalue weighted by Crippen LogP contribution is -2.66. The van der Waals surface area contributed by atoms with Gasteiger partial charge < -0.3 is 14.9 Å². The summed E-state index contributed by atoms with van der Waals surface area (Å²) in [6.07, 6.45) is 2.30. The number of aliphatic hydroxyl groups is 2. The molecule has 4 aliphatic carbocycles. The number of esters is 1. The van der Waals surface area contributed by atoms with Crippen LogP contribution in [0, 0.1) is 34.5 Å². The lowest BCUT2D eigenvalue weighted by molar-refractivity contribution is -0.187. The molecule has 0 amide bonds. The fraction of sp³-hybridized carbons (Fsp3) is 0.708. The van der Waals surface area contributed by atoms with Crippen molar-refractivity contribution >= 4 is 29.1 Å². The zero-order valence-electron chi connectivity index (χ0n) is 18.7. The van der Waals surface area contributed by atoms with Crippen molar-refractivity contribution in [2.24, 2.45) is 34.5 Å². The van der Waals surface area contributed by atoms with Crippen LogP contribution in [0.1, 0.15) is 40.5 Å². The highest BCUT2D eigenvalue weighted by atomic mass is 35.5. The maximum Gasteiger partial charge on any atom is 0.303 e. The van der Waals surface area contributed by atoms with Gasteiger partial charge in [-0.25, -0.2) is 4.39 Å². The molecule has 4 aliphatic rings. The van der Waals surface area contributed by atoms with Gasteiger partial charge in [-0.2, -0.15) is 0 Å². The minimum Gasteiger partial charge on any atom is -0.458 e. The largest absolute Gasteiger partial charge is 0.458 e. The first-order valence-corrected chi connectivity index (χ1v) is 11.5. The topological polar surface area (TPSA) is 101 Å². The number of rotatable bonds is 3. The van der Waals surface area contributed by atoms with Crippen LogP contribution in [0.25, 0.3) is 0 Å². The van der Waals surface area contributed by atoms with Gasteiger partial charge in [0.2, 0.25) is 5.78 Å². The van der Waals surface area contributed by atoms with E-state index in [1.54, 1.807) is 19.9 Å². The molecule has 8 heteroatoms. The number of ketones is 2. The molecule has 10 atom stereocenters. The van der Waals surface area contributed by atoms with Crippen molar-refractivity contribution in [1.29, 1.82) is 0 Å². The zero-order chi connectivity index (χ0) is 23.8. The molecule has 0 saturated heterocycles. The average Bonchev–Trinajstić information content (AvgIpc) is 2.92. The van der Waals surface area contributed by atoms with E-state index in [1.165, 1.54) is 19.1 Å². The van der Waals surface area contributed by atoms with Gasteiger partial charge in [-0.15, -0.1) is 11.6 Å². The molecule has 0 aromatic rings. The van der Waals surface area contributed by atoms with E-state index < -0.39 is 70.2 Å². The van der Waals surface area contributed by atoms with Crippen LogP contribution in [0.2, 0.25) is 0 Å². The number of halogens is 2. The third kappa shape index (κ3) is 2.93. The van der Waals surface area contributed by atoms with Gasteiger partial charge in [0.1, 0.15) is 11.8 Å². The lowest BCUT2D eigenvalue weighted by Gasteiger charge is -2.61. The van der Waals surface area contributed by atoms with Crippen molar-refractivity contribution in [3.63, 3.8) is 0 Å². The lowest BCUT2D eigenvalue weighted by atomic mass is 9.45. The molecule has 0 heterocycles. The van der Waals surface area contributed by atoms with Crippen LogP contribution >= 0.6 is 11.6 Å². The van der Waals surface area contributed by atoms with E-state index in [0.717, 1.165) is 0 Å². The van der Waals surface area contributed by atoms with E-state index >= 15 is 4.39 Å². The van der Waals surface area contributed by atoms with E-state index in [2.05, 4.69) is 0 Å². The van der Waals surface area contributed by atoms with Gasteiger partial charge in [0, 0.05) is 23.7 Å². The molecule has 0 radical (unpaired) electrons. The Morgan fingerprint density at radius 2 is 2.00 bits per heavy atom. The van der Waals surface area contributed by atoms with E-state index in [-0.39, 0.29) is 23.7 Å². The minimum atomic E-state index is -1.85. The van der Waals surface area contributed by atoms with Crippen LogP contribution in [0.15, 0.2) is 23.8 Å². The predicted octanol–water partition coefficient (Wildman–Crippen LogP) is 2.54. The molecule has 0 aromatic carbocycles. The van der Waals surface area contributed by atoms with Gasteiger partial charge in [0.25, 0.3) is 0 Å². The number of allylic oxidation sites excluding steroid dienone is 4. The second-order valence-electron chi connectivity index (χ2n) is 10.5. The molecule has 176 valence electrons. The molecule has 2 N–H and O–H groups in total. The number of aliphatic hydroxyl groups excluding tert-OH is 1. The fourth-order valence-corrected chi connectivity index (χ4v) is 7.93. The van der Waals surface area contributed by atoms with E-state index in [1.807, 2.05) is 6.92 Å². The summed E-state index contributed by atoms with van der Waals surface area (Å²) in [5.74, 6) is -3.40. The Morgan fingerprint density at radius 3 is 2.62 bits per heavy atom. The molecule has 4 unspecified atom stereocenters. The van der Waals surface area contributed by atoms with Crippen LogP contribution in [0.5, 0.6) is 0 Å². The number of fused-ring (bicyclic) bond motifs is 5. The SMILES string of the molecule is CC(=O)OCC(=O)[C@@]1(O)C(C)C[C@H]2[C@@H]3C(Cl)C(F)C4=CC(=O)C=C[C@]4(C)[C@H]3C(O)C[C@@]21C. The molecule has 3 fully saturated rings. The Hall–Kier alpha value is -1.57. The molecular weight excluding hydrogens is 439 g/mol.